The molecule has 0 atom stereocenters. The van der Waals surface area contributed by atoms with Crippen LogP contribution in [0.5, 0.6) is 0 Å². The van der Waals surface area contributed by atoms with Crippen molar-refractivity contribution >= 4 is 9.84 Å². The van der Waals surface area contributed by atoms with Gasteiger partial charge in [0.15, 0.2) is 10.7 Å². The molecule has 0 saturated carbocycles. The Hall–Kier alpha value is -2.26. The fraction of sp³-hybridized carbons (Fsp3) is 0.154. The van der Waals surface area contributed by atoms with Crippen molar-refractivity contribution in [3.05, 3.63) is 47.4 Å². The number of hydrogen-bond acceptors (Lipinski definition) is 5. The summed E-state index contributed by atoms with van der Waals surface area (Å²) in [4.78, 5) is 8.10. The Morgan fingerprint density at radius 1 is 1.05 bits per heavy atom. The molecule has 2 aromatic rings. The van der Waals surface area contributed by atoms with Crippen LogP contribution in [0.2, 0.25) is 0 Å². The van der Waals surface area contributed by atoms with Gasteiger partial charge in [-0.15, -0.1) is 0 Å². The SMILES string of the molecule is Cc1nc(C#N)c(S(=O)(=O)c2ccccc2)nc1C. The highest BCUT2D eigenvalue weighted by atomic mass is 32.2. The van der Waals surface area contributed by atoms with Gasteiger partial charge in [-0.05, 0) is 26.0 Å². The van der Waals surface area contributed by atoms with Gasteiger partial charge in [-0.1, -0.05) is 18.2 Å². The van der Waals surface area contributed by atoms with Gasteiger partial charge in [0, 0.05) is 0 Å². The predicted molar refractivity (Wildman–Crippen MR) is 68.1 cm³/mol. The molecule has 0 unspecified atom stereocenters. The summed E-state index contributed by atoms with van der Waals surface area (Å²) >= 11 is 0. The minimum absolute atomic E-state index is 0.101. The minimum Gasteiger partial charge on any atom is -0.238 e. The lowest BCUT2D eigenvalue weighted by molar-refractivity contribution is 0.590. The van der Waals surface area contributed by atoms with E-state index in [9.17, 15) is 8.42 Å². The summed E-state index contributed by atoms with van der Waals surface area (Å²) in [6, 6.07) is 9.67. The summed E-state index contributed by atoms with van der Waals surface area (Å²) in [6.45, 7) is 3.34. The zero-order chi connectivity index (χ0) is 14.0. The first kappa shape index (κ1) is 13.2. The highest BCUT2D eigenvalue weighted by Gasteiger charge is 2.25. The van der Waals surface area contributed by atoms with E-state index in [1.54, 1.807) is 38.1 Å². The largest absolute Gasteiger partial charge is 0.238 e. The lowest BCUT2D eigenvalue weighted by Crippen LogP contribution is -2.11. The van der Waals surface area contributed by atoms with E-state index in [0.29, 0.717) is 11.4 Å². The third kappa shape index (κ3) is 2.33. The molecule has 1 aromatic carbocycles. The van der Waals surface area contributed by atoms with Crippen molar-refractivity contribution in [2.75, 3.05) is 0 Å². The highest BCUT2D eigenvalue weighted by Crippen LogP contribution is 2.21. The first-order chi connectivity index (χ1) is 8.96. The van der Waals surface area contributed by atoms with Crippen molar-refractivity contribution in [2.45, 2.75) is 23.8 Å². The molecule has 0 saturated heterocycles. The van der Waals surface area contributed by atoms with Crippen LogP contribution in [0.15, 0.2) is 40.3 Å². The number of rotatable bonds is 2. The molecule has 6 heteroatoms. The second-order valence-electron chi connectivity index (χ2n) is 3.98. The van der Waals surface area contributed by atoms with Crippen LogP contribution < -0.4 is 0 Å². The first-order valence-corrected chi connectivity index (χ1v) is 7.00. The Bertz CT molecular complexity index is 762. The molecule has 2 rings (SSSR count). The monoisotopic (exact) mass is 273 g/mol. The first-order valence-electron chi connectivity index (χ1n) is 5.52. The topological polar surface area (TPSA) is 83.7 Å². The summed E-state index contributed by atoms with van der Waals surface area (Å²) in [6.07, 6.45) is 0. The van der Waals surface area contributed by atoms with E-state index in [0.717, 1.165) is 0 Å². The quantitative estimate of drug-likeness (QED) is 0.833. The molecule has 0 aliphatic carbocycles. The standard InChI is InChI=1S/C13H11N3O2S/c1-9-10(2)16-13(12(8-14)15-9)19(17,18)11-6-4-3-5-7-11/h3-7H,1-2H3. The Labute approximate surface area is 111 Å². The molecule has 0 fully saturated rings. The second kappa shape index (κ2) is 4.78. The summed E-state index contributed by atoms with van der Waals surface area (Å²) < 4.78 is 24.8. The fourth-order valence-electron chi connectivity index (χ4n) is 1.55. The maximum atomic E-state index is 12.4. The molecule has 0 aliphatic rings. The van der Waals surface area contributed by atoms with Gasteiger partial charge in [0.2, 0.25) is 9.84 Å². The minimum atomic E-state index is -3.82. The number of aromatic nitrogens is 2. The third-order valence-electron chi connectivity index (χ3n) is 2.69. The highest BCUT2D eigenvalue weighted by molar-refractivity contribution is 7.91. The summed E-state index contributed by atoms with van der Waals surface area (Å²) in [7, 11) is -3.82. The molecule has 1 aromatic heterocycles. The maximum absolute atomic E-state index is 12.4. The molecule has 0 amide bonds. The second-order valence-corrected chi connectivity index (χ2v) is 5.84. The smallest absolute Gasteiger partial charge is 0.226 e. The molecular weight excluding hydrogens is 262 g/mol. The molecule has 19 heavy (non-hydrogen) atoms. The Morgan fingerprint density at radius 2 is 1.63 bits per heavy atom. The van der Waals surface area contributed by atoms with Crippen molar-refractivity contribution in [3.63, 3.8) is 0 Å². The van der Waals surface area contributed by atoms with Gasteiger partial charge in [0.05, 0.1) is 16.3 Å². The van der Waals surface area contributed by atoms with Gasteiger partial charge in [-0.3, -0.25) is 0 Å². The van der Waals surface area contributed by atoms with E-state index in [4.69, 9.17) is 5.26 Å². The Morgan fingerprint density at radius 3 is 2.21 bits per heavy atom. The summed E-state index contributed by atoms with van der Waals surface area (Å²) in [5.41, 5.74) is 0.865. The van der Waals surface area contributed by atoms with Gasteiger partial charge in [0.1, 0.15) is 6.07 Å². The van der Waals surface area contributed by atoms with Crippen LogP contribution in [0.25, 0.3) is 0 Å². The van der Waals surface area contributed by atoms with Crippen molar-refractivity contribution in [1.29, 1.82) is 5.26 Å². The van der Waals surface area contributed by atoms with Gasteiger partial charge < -0.3 is 0 Å². The van der Waals surface area contributed by atoms with Crippen LogP contribution in [0, 0.1) is 25.2 Å². The number of nitriles is 1. The Kier molecular flexibility index (Phi) is 3.32. The van der Waals surface area contributed by atoms with E-state index < -0.39 is 9.84 Å². The van der Waals surface area contributed by atoms with Crippen LogP contribution in [-0.4, -0.2) is 18.4 Å². The molecular formula is C13H11N3O2S. The number of sulfone groups is 1. The van der Waals surface area contributed by atoms with Crippen LogP contribution in [0.4, 0.5) is 0 Å². The van der Waals surface area contributed by atoms with Crippen LogP contribution in [0.1, 0.15) is 17.1 Å². The molecule has 0 bridgehead atoms. The average molecular weight is 273 g/mol. The van der Waals surface area contributed by atoms with Gasteiger partial charge >= 0.3 is 0 Å². The molecule has 1 heterocycles. The number of aryl methyl sites for hydroxylation is 2. The number of hydrogen-bond donors (Lipinski definition) is 0. The van der Waals surface area contributed by atoms with Gasteiger partial charge in [0.25, 0.3) is 0 Å². The van der Waals surface area contributed by atoms with E-state index in [-0.39, 0.29) is 15.6 Å². The van der Waals surface area contributed by atoms with Gasteiger partial charge in [-0.25, -0.2) is 18.4 Å². The summed E-state index contributed by atoms with van der Waals surface area (Å²) in [5.74, 6) is 0. The number of benzene rings is 1. The zero-order valence-electron chi connectivity index (χ0n) is 10.5. The van der Waals surface area contributed by atoms with Crippen LogP contribution >= 0.6 is 0 Å². The normalized spacial score (nSPS) is 11.0. The molecule has 0 aliphatic heterocycles. The molecule has 0 radical (unpaired) electrons. The van der Waals surface area contributed by atoms with Crippen molar-refractivity contribution in [2.24, 2.45) is 0 Å². The molecule has 96 valence electrons. The molecule has 0 N–H and O–H groups in total. The van der Waals surface area contributed by atoms with E-state index in [1.165, 1.54) is 12.1 Å². The average Bonchev–Trinajstić information content (AvgIpc) is 2.42. The fourth-order valence-corrected chi connectivity index (χ4v) is 2.90. The van der Waals surface area contributed by atoms with E-state index in [2.05, 4.69) is 9.97 Å². The van der Waals surface area contributed by atoms with E-state index in [1.807, 2.05) is 0 Å². The van der Waals surface area contributed by atoms with Gasteiger partial charge in [-0.2, -0.15) is 5.26 Å². The van der Waals surface area contributed by atoms with Crippen molar-refractivity contribution in [1.82, 2.24) is 9.97 Å². The van der Waals surface area contributed by atoms with Crippen molar-refractivity contribution in [3.8, 4) is 6.07 Å². The molecule has 0 spiro atoms. The third-order valence-corrected chi connectivity index (χ3v) is 4.38. The van der Waals surface area contributed by atoms with Crippen molar-refractivity contribution < 1.29 is 8.42 Å². The summed E-state index contributed by atoms with van der Waals surface area (Å²) in [5, 5.41) is 8.74. The zero-order valence-corrected chi connectivity index (χ0v) is 11.3. The van der Waals surface area contributed by atoms with Crippen LogP contribution in [0.3, 0.4) is 0 Å². The maximum Gasteiger partial charge on any atom is 0.226 e. The van der Waals surface area contributed by atoms with Crippen LogP contribution in [-0.2, 0) is 9.84 Å². The molecule has 5 nitrogen and oxygen atoms in total. The van der Waals surface area contributed by atoms with E-state index >= 15 is 0 Å². The Balaban J connectivity index is 2.73. The number of nitrogens with zero attached hydrogens (tertiary/aromatic N) is 3. The predicted octanol–water partition coefficient (Wildman–Crippen LogP) is 1.80. The lowest BCUT2D eigenvalue weighted by Gasteiger charge is -2.07. The lowest BCUT2D eigenvalue weighted by atomic mass is 10.3.